The summed E-state index contributed by atoms with van der Waals surface area (Å²) in [4.78, 5) is 24.5. The summed E-state index contributed by atoms with van der Waals surface area (Å²) in [6.45, 7) is 0.841. The van der Waals surface area contributed by atoms with Crippen LogP contribution in [0.25, 0.3) is 0 Å². The van der Waals surface area contributed by atoms with Gasteiger partial charge in [-0.2, -0.15) is 0 Å². The Kier molecular flexibility index (Phi) is 4.29. The highest BCUT2D eigenvalue weighted by atomic mass is 16.4. The van der Waals surface area contributed by atoms with Crippen molar-refractivity contribution in [2.75, 3.05) is 20.6 Å². The molecule has 1 rings (SSSR count). The molecule has 0 aliphatic heterocycles. The van der Waals surface area contributed by atoms with Gasteiger partial charge in [-0.05, 0) is 46.3 Å². The van der Waals surface area contributed by atoms with Crippen LogP contribution in [0.5, 0.6) is 0 Å². The van der Waals surface area contributed by atoms with Gasteiger partial charge in [0.2, 0.25) is 5.91 Å². The number of hydrogen-bond donors (Lipinski definition) is 2. The molecule has 1 fully saturated rings. The fourth-order valence-electron chi connectivity index (χ4n) is 1.81. The van der Waals surface area contributed by atoms with Crippen LogP contribution in [-0.4, -0.2) is 48.1 Å². The molecule has 0 aromatic carbocycles. The van der Waals surface area contributed by atoms with Crippen molar-refractivity contribution in [3.8, 4) is 0 Å². The second-order valence-corrected chi connectivity index (χ2v) is 4.70. The Morgan fingerprint density at radius 3 is 2.38 bits per heavy atom. The van der Waals surface area contributed by atoms with Crippen molar-refractivity contribution in [2.24, 2.45) is 0 Å². The Balaban J connectivity index is 2.30. The van der Waals surface area contributed by atoms with Gasteiger partial charge in [-0.25, -0.2) is 4.79 Å². The molecule has 0 spiro atoms. The quantitative estimate of drug-likeness (QED) is 0.692. The van der Waals surface area contributed by atoms with E-state index in [0.717, 1.165) is 19.4 Å². The molecule has 1 aliphatic carbocycles. The summed E-state index contributed by atoms with van der Waals surface area (Å²) in [6.07, 6.45) is 3.15. The number of amides is 1. The molecule has 1 saturated carbocycles. The summed E-state index contributed by atoms with van der Waals surface area (Å²) in [7, 11) is 3.89. The molecule has 1 aliphatic rings. The minimum atomic E-state index is -0.963. The average Bonchev–Trinajstić information content (AvgIpc) is 2.10. The van der Waals surface area contributed by atoms with Gasteiger partial charge in [-0.1, -0.05) is 0 Å². The second-order valence-electron chi connectivity index (χ2n) is 4.70. The standard InChI is InChI=1S/C11H20N2O3/c1-13(2)8-3-5-9(14)12-11(10(15)16)6-4-7-11/h3-8H2,1-2H3,(H,12,14)(H,15,16). The molecule has 0 atom stereocenters. The number of carboxylic acids is 1. The van der Waals surface area contributed by atoms with Gasteiger partial charge < -0.3 is 15.3 Å². The number of carbonyl (C=O) groups is 2. The van der Waals surface area contributed by atoms with Crippen molar-refractivity contribution in [3.63, 3.8) is 0 Å². The number of hydrogen-bond acceptors (Lipinski definition) is 3. The first kappa shape index (κ1) is 13.0. The zero-order valence-corrected chi connectivity index (χ0v) is 9.95. The fourth-order valence-corrected chi connectivity index (χ4v) is 1.81. The molecular formula is C11H20N2O3. The largest absolute Gasteiger partial charge is 0.480 e. The third-order valence-electron chi connectivity index (χ3n) is 3.00. The molecule has 0 heterocycles. The number of nitrogens with one attached hydrogen (secondary N) is 1. The van der Waals surface area contributed by atoms with Crippen LogP contribution in [0.4, 0.5) is 0 Å². The minimum Gasteiger partial charge on any atom is -0.480 e. The van der Waals surface area contributed by atoms with Gasteiger partial charge in [0.15, 0.2) is 0 Å². The van der Waals surface area contributed by atoms with E-state index in [9.17, 15) is 9.59 Å². The maximum absolute atomic E-state index is 11.5. The van der Waals surface area contributed by atoms with E-state index in [2.05, 4.69) is 5.32 Å². The van der Waals surface area contributed by atoms with E-state index in [0.29, 0.717) is 19.3 Å². The van der Waals surface area contributed by atoms with Crippen molar-refractivity contribution < 1.29 is 14.7 Å². The van der Waals surface area contributed by atoms with Crippen LogP contribution in [0.15, 0.2) is 0 Å². The van der Waals surface area contributed by atoms with E-state index in [4.69, 9.17) is 5.11 Å². The number of rotatable bonds is 6. The van der Waals surface area contributed by atoms with E-state index in [1.807, 2.05) is 19.0 Å². The Bertz CT molecular complexity index is 272. The first-order chi connectivity index (χ1) is 7.46. The Hall–Kier alpha value is -1.10. The van der Waals surface area contributed by atoms with Crippen molar-refractivity contribution in [3.05, 3.63) is 0 Å². The molecule has 16 heavy (non-hydrogen) atoms. The van der Waals surface area contributed by atoms with Gasteiger partial charge in [-0.3, -0.25) is 4.79 Å². The lowest BCUT2D eigenvalue weighted by Gasteiger charge is -2.38. The molecular weight excluding hydrogens is 208 g/mol. The maximum atomic E-state index is 11.5. The molecule has 5 nitrogen and oxygen atoms in total. The van der Waals surface area contributed by atoms with E-state index in [-0.39, 0.29) is 5.91 Å². The molecule has 0 saturated heterocycles. The van der Waals surface area contributed by atoms with Crippen LogP contribution in [0.3, 0.4) is 0 Å². The molecule has 0 aromatic rings. The SMILES string of the molecule is CN(C)CCCC(=O)NC1(C(=O)O)CCC1. The zero-order chi connectivity index (χ0) is 12.2. The first-order valence-electron chi connectivity index (χ1n) is 5.65. The van der Waals surface area contributed by atoms with E-state index in [1.54, 1.807) is 0 Å². The Labute approximate surface area is 95.8 Å². The average molecular weight is 228 g/mol. The third kappa shape index (κ3) is 3.20. The van der Waals surface area contributed by atoms with Crippen molar-refractivity contribution >= 4 is 11.9 Å². The smallest absolute Gasteiger partial charge is 0.329 e. The number of carboxylic acid groups (broad SMARTS) is 1. The Morgan fingerprint density at radius 1 is 1.38 bits per heavy atom. The molecule has 2 N–H and O–H groups in total. The van der Waals surface area contributed by atoms with Gasteiger partial charge in [-0.15, -0.1) is 0 Å². The highest BCUT2D eigenvalue weighted by Crippen LogP contribution is 2.32. The number of nitrogens with zero attached hydrogens (tertiary/aromatic N) is 1. The van der Waals surface area contributed by atoms with E-state index < -0.39 is 11.5 Å². The van der Waals surface area contributed by atoms with Gasteiger partial charge in [0.25, 0.3) is 0 Å². The van der Waals surface area contributed by atoms with Gasteiger partial charge in [0, 0.05) is 6.42 Å². The second kappa shape index (κ2) is 5.30. The maximum Gasteiger partial charge on any atom is 0.329 e. The summed E-state index contributed by atoms with van der Waals surface area (Å²) >= 11 is 0. The third-order valence-corrected chi connectivity index (χ3v) is 3.00. The van der Waals surface area contributed by atoms with Crippen LogP contribution in [0.1, 0.15) is 32.1 Å². The summed E-state index contributed by atoms with van der Waals surface area (Å²) in [5.74, 6) is -1.05. The van der Waals surface area contributed by atoms with Crippen LogP contribution < -0.4 is 5.32 Å². The van der Waals surface area contributed by atoms with Crippen molar-refractivity contribution in [1.29, 1.82) is 0 Å². The predicted octanol–water partition coefficient (Wildman–Crippen LogP) is 0.452. The summed E-state index contributed by atoms with van der Waals surface area (Å²) in [5.41, 5.74) is -0.963. The molecule has 0 aromatic heterocycles. The van der Waals surface area contributed by atoms with Gasteiger partial charge >= 0.3 is 5.97 Å². The van der Waals surface area contributed by atoms with E-state index in [1.165, 1.54) is 0 Å². The van der Waals surface area contributed by atoms with Crippen LogP contribution in [0, 0.1) is 0 Å². The van der Waals surface area contributed by atoms with Crippen molar-refractivity contribution in [1.82, 2.24) is 10.2 Å². The molecule has 0 bridgehead atoms. The van der Waals surface area contributed by atoms with Gasteiger partial charge in [0.1, 0.15) is 5.54 Å². The lowest BCUT2D eigenvalue weighted by atomic mass is 9.76. The highest BCUT2D eigenvalue weighted by Gasteiger charge is 2.45. The lowest BCUT2D eigenvalue weighted by Crippen LogP contribution is -2.59. The number of carbonyl (C=O) groups excluding carboxylic acids is 1. The lowest BCUT2D eigenvalue weighted by molar-refractivity contribution is -0.151. The molecule has 92 valence electrons. The monoisotopic (exact) mass is 228 g/mol. The normalized spacial score (nSPS) is 17.9. The van der Waals surface area contributed by atoms with Crippen LogP contribution >= 0.6 is 0 Å². The molecule has 0 radical (unpaired) electrons. The van der Waals surface area contributed by atoms with Crippen LogP contribution in [-0.2, 0) is 9.59 Å². The minimum absolute atomic E-state index is 0.149. The zero-order valence-electron chi connectivity index (χ0n) is 9.95. The van der Waals surface area contributed by atoms with E-state index >= 15 is 0 Å². The molecule has 5 heteroatoms. The predicted molar refractivity (Wildman–Crippen MR) is 60.1 cm³/mol. The van der Waals surface area contributed by atoms with Gasteiger partial charge in [0.05, 0.1) is 0 Å². The Morgan fingerprint density at radius 2 is 2.00 bits per heavy atom. The highest BCUT2D eigenvalue weighted by molar-refractivity contribution is 5.87. The first-order valence-corrected chi connectivity index (χ1v) is 5.65. The molecule has 1 amide bonds. The summed E-state index contributed by atoms with van der Waals surface area (Å²) in [6, 6.07) is 0. The van der Waals surface area contributed by atoms with Crippen LogP contribution in [0.2, 0.25) is 0 Å². The van der Waals surface area contributed by atoms with Crippen molar-refractivity contribution in [2.45, 2.75) is 37.6 Å². The topological polar surface area (TPSA) is 69.6 Å². The number of aliphatic carboxylic acids is 1. The fraction of sp³-hybridized carbons (Fsp3) is 0.818. The molecule has 0 unspecified atom stereocenters. The summed E-state index contributed by atoms with van der Waals surface area (Å²) < 4.78 is 0. The summed E-state index contributed by atoms with van der Waals surface area (Å²) in [5, 5.41) is 11.7.